The largest absolute Gasteiger partial charge is 0.339 e. The van der Waals surface area contributed by atoms with Crippen molar-refractivity contribution in [2.24, 2.45) is 7.05 Å². The first-order valence-corrected chi connectivity index (χ1v) is 14.0. The second-order valence-electron chi connectivity index (χ2n) is 9.33. The molecule has 0 bridgehead atoms. The quantitative estimate of drug-likeness (QED) is 0.336. The van der Waals surface area contributed by atoms with Gasteiger partial charge in [0.1, 0.15) is 0 Å². The molecule has 1 atom stereocenters. The van der Waals surface area contributed by atoms with Crippen LogP contribution in [0.25, 0.3) is 0 Å². The predicted molar refractivity (Wildman–Crippen MR) is 141 cm³/mol. The SMILES string of the molecule is Cc1noc(C2CCCN(C(=O)c3ccc(N(Cc4ccc(Cl)cc4)S(=O)(=O)c4cn(C)cn4)cc3)C2)n1. The van der Waals surface area contributed by atoms with Gasteiger partial charge in [0, 0.05) is 36.9 Å². The van der Waals surface area contributed by atoms with Gasteiger partial charge in [-0.25, -0.2) is 4.98 Å². The lowest BCUT2D eigenvalue weighted by atomic mass is 9.97. The summed E-state index contributed by atoms with van der Waals surface area (Å²) in [6.45, 7) is 2.95. The van der Waals surface area contributed by atoms with Crippen LogP contribution in [-0.2, 0) is 23.6 Å². The maximum atomic E-state index is 13.6. The van der Waals surface area contributed by atoms with Crippen LogP contribution < -0.4 is 4.31 Å². The Morgan fingerprint density at radius 2 is 1.89 bits per heavy atom. The van der Waals surface area contributed by atoms with Crippen molar-refractivity contribution in [3.63, 3.8) is 0 Å². The van der Waals surface area contributed by atoms with Crippen molar-refractivity contribution in [3.8, 4) is 0 Å². The molecule has 5 rings (SSSR count). The molecule has 0 radical (unpaired) electrons. The summed E-state index contributed by atoms with van der Waals surface area (Å²) in [7, 11) is -2.27. The molecule has 1 unspecified atom stereocenters. The number of imidazole rings is 1. The minimum atomic E-state index is -3.98. The lowest BCUT2D eigenvalue weighted by Crippen LogP contribution is -2.39. The molecule has 198 valence electrons. The van der Waals surface area contributed by atoms with Crippen LogP contribution in [-0.4, -0.2) is 52.0 Å². The van der Waals surface area contributed by atoms with E-state index in [1.54, 1.807) is 72.0 Å². The van der Waals surface area contributed by atoms with Crippen molar-refractivity contribution in [3.05, 3.63) is 88.9 Å². The number of carbonyl (C=O) groups excluding carboxylic acids is 1. The van der Waals surface area contributed by atoms with E-state index in [-0.39, 0.29) is 23.4 Å². The highest BCUT2D eigenvalue weighted by Gasteiger charge is 2.30. The molecule has 38 heavy (non-hydrogen) atoms. The van der Waals surface area contributed by atoms with Gasteiger partial charge in [-0.3, -0.25) is 9.10 Å². The Morgan fingerprint density at radius 3 is 2.53 bits per heavy atom. The molecule has 3 heterocycles. The zero-order chi connectivity index (χ0) is 26.9. The number of hydrogen-bond acceptors (Lipinski definition) is 7. The van der Waals surface area contributed by atoms with Gasteiger partial charge in [-0.1, -0.05) is 28.9 Å². The van der Waals surface area contributed by atoms with E-state index in [0.29, 0.717) is 41.1 Å². The van der Waals surface area contributed by atoms with E-state index >= 15 is 0 Å². The highest BCUT2D eigenvalue weighted by molar-refractivity contribution is 7.92. The fourth-order valence-corrected chi connectivity index (χ4v) is 6.05. The molecular weight excluding hydrogens is 528 g/mol. The summed E-state index contributed by atoms with van der Waals surface area (Å²) in [6.07, 6.45) is 4.60. The number of aromatic nitrogens is 4. The molecule has 0 saturated carbocycles. The minimum Gasteiger partial charge on any atom is -0.339 e. The predicted octanol–water partition coefficient (Wildman–Crippen LogP) is 4.18. The molecule has 4 aromatic rings. The molecule has 0 N–H and O–H groups in total. The number of carbonyl (C=O) groups is 1. The maximum Gasteiger partial charge on any atom is 0.283 e. The summed E-state index contributed by atoms with van der Waals surface area (Å²) in [4.78, 5) is 23.5. The van der Waals surface area contributed by atoms with Gasteiger partial charge in [-0.2, -0.15) is 13.4 Å². The fraction of sp³-hybridized carbons (Fsp3) is 0.308. The Bertz CT molecular complexity index is 1530. The van der Waals surface area contributed by atoms with E-state index in [0.717, 1.165) is 18.4 Å². The zero-order valence-electron chi connectivity index (χ0n) is 21.0. The van der Waals surface area contributed by atoms with Crippen LogP contribution in [0.15, 0.2) is 70.6 Å². The number of sulfonamides is 1. The van der Waals surface area contributed by atoms with Crippen LogP contribution in [0.4, 0.5) is 5.69 Å². The first kappa shape index (κ1) is 25.9. The molecular formula is C26H27ClN6O4S. The van der Waals surface area contributed by atoms with Crippen LogP contribution >= 0.6 is 11.6 Å². The highest BCUT2D eigenvalue weighted by atomic mass is 35.5. The maximum absolute atomic E-state index is 13.6. The fourth-order valence-electron chi connectivity index (χ4n) is 4.50. The number of hydrogen-bond donors (Lipinski definition) is 0. The van der Waals surface area contributed by atoms with E-state index in [4.69, 9.17) is 16.1 Å². The summed E-state index contributed by atoms with van der Waals surface area (Å²) < 4.78 is 35.4. The summed E-state index contributed by atoms with van der Waals surface area (Å²) >= 11 is 6.02. The van der Waals surface area contributed by atoms with Gasteiger partial charge in [-0.05, 0) is 61.7 Å². The summed E-state index contributed by atoms with van der Waals surface area (Å²) in [5.74, 6) is 0.983. The van der Waals surface area contributed by atoms with Gasteiger partial charge in [0.15, 0.2) is 10.9 Å². The molecule has 12 heteroatoms. The normalized spacial score (nSPS) is 16.0. The number of piperidine rings is 1. The zero-order valence-corrected chi connectivity index (χ0v) is 22.6. The molecule has 1 aliphatic heterocycles. The van der Waals surface area contributed by atoms with Crippen molar-refractivity contribution in [1.29, 1.82) is 0 Å². The molecule has 1 aliphatic rings. The third-order valence-electron chi connectivity index (χ3n) is 6.48. The first-order valence-electron chi connectivity index (χ1n) is 12.2. The molecule has 0 spiro atoms. The molecule has 1 saturated heterocycles. The van der Waals surface area contributed by atoms with Crippen molar-refractivity contribution in [2.45, 2.75) is 37.3 Å². The molecule has 1 amide bonds. The molecule has 1 fully saturated rings. The summed E-state index contributed by atoms with van der Waals surface area (Å²) in [6, 6.07) is 13.6. The van der Waals surface area contributed by atoms with E-state index < -0.39 is 10.0 Å². The minimum absolute atomic E-state index is 0.00782. The molecule has 0 aliphatic carbocycles. The number of anilines is 1. The Labute approximate surface area is 225 Å². The third-order valence-corrected chi connectivity index (χ3v) is 8.39. The Morgan fingerprint density at radius 1 is 1.16 bits per heavy atom. The first-order chi connectivity index (χ1) is 18.2. The van der Waals surface area contributed by atoms with Gasteiger partial charge in [0.05, 0.1) is 24.5 Å². The summed E-state index contributed by atoms with van der Waals surface area (Å²) in [5.41, 5.74) is 1.64. The van der Waals surface area contributed by atoms with Crippen molar-refractivity contribution >= 4 is 33.2 Å². The van der Waals surface area contributed by atoms with Gasteiger partial charge in [0.2, 0.25) is 5.89 Å². The van der Waals surface area contributed by atoms with Crippen LogP contribution in [0, 0.1) is 6.92 Å². The van der Waals surface area contributed by atoms with Crippen LogP contribution in [0.3, 0.4) is 0 Å². The number of halogens is 1. The number of aryl methyl sites for hydroxylation is 2. The van der Waals surface area contributed by atoms with Crippen molar-refractivity contribution in [1.82, 2.24) is 24.6 Å². The van der Waals surface area contributed by atoms with Gasteiger partial charge >= 0.3 is 0 Å². The van der Waals surface area contributed by atoms with E-state index in [1.165, 1.54) is 16.8 Å². The van der Waals surface area contributed by atoms with E-state index in [9.17, 15) is 13.2 Å². The monoisotopic (exact) mass is 554 g/mol. The second-order valence-corrected chi connectivity index (χ2v) is 11.6. The van der Waals surface area contributed by atoms with Crippen LogP contribution in [0.5, 0.6) is 0 Å². The third kappa shape index (κ3) is 5.44. The molecule has 2 aromatic heterocycles. The van der Waals surface area contributed by atoms with Crippen molar-refractivity contribution in [2.75, 3.05) is 17.4 Å². The smallest absolute Gasteiger partial charge is 0.283 e. The molecule has 10 nitrogen and oxygen atoms in total. The van der Waals surface area contributed by atoms with Gasteiger partial charge in [0.25, 0.3) is 15.9 Å². The average molecular weight is 555 g/mol. The van der Waals surface area contributed by atoms with Crippen LogP contribution in [0.1, 0.15) is 46.4 Å². The highest BCUT2D eigenvalue weighted by Crippen LogP contribution is 2.29. The van der Waals surface area contributed by atoms with Gasteiger partial charge < -0.3 is 14.0 Å². The van der Waals surface area contributed by atoms with Crippen molar-refractivity contribution < 1.29 is 17.7 Å². The number of likely N-dealkylation sites (tertiary alicyclic amines) is 1. The van der Waals surface area contributed by atoms with E-state index in [2.05, 4.69) is 15.1 Å². The number of rotatable bonds is 7. The lowest BCUT2D eigenvalue weighted by molar-refractivity contribution is 0.0695. The Hall–Kier alpha value is -3.70. The molecule has 2 aromatic carbocycles. The number of nitrogens with zero attached hydrogens (tertiary/aromatic N) is 6. The van der Waals surface area contributed by atoms with E-state index in [1.807, 2.05) is 0 Å². The number of amides is 1. The Balaban J connectivity index is 1.39. The average Bonchev–Trinajstić information content (AvgIpc) is 3.57. The Kier molecular flexibility index (Phi) is 7.22. The van der Waals surface area contributed by atoms with Gasteiger partial charge in [-0.15, -0.1) is 0 Å². The topological polar surface area (TPSA) is 114 Å². The van der Waals surface area contributed by atoms with Crippen LogP contribution in [0.2, 0.25) is 5.02 Å². The second kappa shape index (κ2) is 10.6. The standard InChI is InChI=1S/C26H27ClN6O4S/c1-18-29-25(37-30-18)21-4-3-13-32(15-21)26(34)20-7-11-23(12-8-20)33(14-19-5-9-22(27)10-6-19)38(35,36)24-16-31(2)17-28-24/h5-12,16-17,21H,3-4,13-15H2,1-2H3. The summed E-state index contributed by atoms with van der Waals surface area (Å²) in [5, 5.41) is 4.36. The lowest BCUT2D eigenvalue weighted by Gasteiger charge is -2.31. The number of benzene rings is 2.